The zero-order valence-corrected chi connectivity index (χ0v) is 19.7. The van der Waals surface area contributed by atoms with Gasteiger partial charge in [0.2, 0.25) is 15.9 Å². The zero-order chi connectivity index (χ0) is 24.3. The minimum absolute atomic E-state index is 0.0247. The van der Waals surface area contributed by atoms with E-state index in [2.05, 4.69) is 10.3 Å². The van der Waals surface area contributed by atoms with Gasteiger partial charge in [0.1, 0.15) is 10.8 Å². The molecule has 1 fully saturated rings. The lowest BCUT2D eigenvalue weighted by atomic mass is 9.99. The van der Waals surface area contributed by atoms with Gasteiger partial charge in [-0.2, -0.15) is 9.57 Å². The molecule has 1 atom stereocenters. The van der Waals surface area contributed by atoms with Crippen molar-refractivity contribution in [2.75, 3.05) is 26.7 Å². The van der Waals surface area contributed by atoms with E-state index in [1.807, 2.05) is 18.2 Å². The van der Waals surface area contributed by atoms with Gasteiger partial charge >= 0.3 is 0 Å². The molecule has 1 N–H and O–H groups in total. The first-order valence-corrected chi connectivity index (χ1v) is 12.6. The molecule has 2 aromatic carbocycles. The van der Waals surface area contributed by atoms with Crippen molar-refractivity contribution in [2.24, 2.45) is 0 Å². The summed E-state index contributed by atoms with van der Waals surface area (Å²) in [6.07, 6.45) is 0. The fraction of sp³-hybridized carbons (Fsp3) is 0.217. The number of hydrogen-bond acceptors (Lipinski definition) is 8. The van der Waals surface area contributed by atoms with E-state index in [1.165, 1.54) is 35.6 Å². The van der Waals surface area contributed by atoms with Crippen LogP contribution in [0.4, 0.5) is 0 Å². The first-order valence-electron chi connectivity index (χ1n) is 10.2. The molecule has 0 radical (unpaired) electrons. The summed E-state index contributed by atoms with van der Waals surface area (Å²) in [6, 6.07) is 14.7. The topological polar surface area (TPSA) is 129 Å². The third-order valence-electron chi connectivity index (χ3n) is 5.33. The second kappa shape index (κ2) is 9.72. The molecule has 4 rings (SSSR count). The molecule has 0 saturated carbocycles. The highest BCUT2D eigenvalue weighted by atomic mass is 32.2. The molecule has 1 amide bonds. The predicted octanol–water partition coefficient (Wildman–Crippen LogP) is 2.43. The van der Waals surface area contributed by atoms with Crippen LogP contribution in [-0.4, -0.2) is 56.1 Å². The number of aromatic nitrogens is 1. The molecule has 3 aromatic rings. The van der Waals surface area contributed by atoms with Crippen molar-refractivity contribution in [3.05, 3.63) is 64.5 Å². The molecule has 0 spiro atoms. The van der Waals surface area contributed by atoms with Gasteiger partial charge < -0.3 is 10.1 Å². The Hall–Kier alpha value is -3.59. The smallest absolute Gasteiger partial charge is 0.243 e. The maximum Gasteiger partial charge on any atom is 0.243 e. The maximum absolute atomic E-state index is 13.0. The predicted molar refractivity (Wildman–Crippen MR) is 125 cm³/mol. The quantitative estimate of drug-likeness (QED) is 0.497. The third kappa shape index (κ3) is 4.70. The van der Waals surface area contributed by atoms with Crippen LogP contribution in [0.25, 0.3) is 11.3 Å². The molecule has 1 aliphatic rings. The number of carbonyl (C=O) groups is 2. The van der Waals surface area contributed by atoms with E-state index < -0.39 is 21.7 Å². The molecule has 1 unspecified atom stereocenters. The normalized spacial score (nSPS) is 15.2. The summed E-state index contributed by atoms with van der Waals surface area (Å²) in [4.78, 5) is 29.0. The summed E-state index contributed by atoms with van der Waals surface area (Å²) in [7, 11) is -2.29. The number of thiazole rings is 1. The second-order valence-corrected chi connectivity index (χ2v) is 10.3. The van der Waals surface area contributed by atoms with E-state index in [0.717, 1.165) is 9.87 Å². The lowest BCUT2D eigenvalue weighted by molar-refractivity contribution is -0.122. The average Bonchev–Trinajstić information content (AvgIpc) is 3.34. The summed E-state index contributed by atoms with van der Waals surface area (Å²) >= 11 is 1.21. The highest BCUT2D eigenvalue weighted by Crippen LogP contribution is 2.30. The minimum atomic E-state index is -3.87. The first kappa shape index (κ1) is 23.6. The Bertz CT molecular complexity index is 1360. The van der Waals surface area contributed by atoms with Crippen molar-refractivity contribution in [3.63, 3.8) is 0 Å². The zero-order valence-electron chi connectivity index (χ0n) is 18.1. The van der Waals surface area contributed by atoms with E-state index in [1.54, 1.807) is 24.6 Å². The highest BCUT2D eigenvalue weighted by Gasteiger charge is 2.30. The van der Waals surface area contributed by atoms with Gasteiger partial charge in [0.05, 0.1) is 30.3 Å². The Morgan fingerprint density at radius 2 is 1.91 bits per heavy atom. The van der Waals surface area contributed by atoms with Crippen molar-refractivity contribution >= 4 is 33.1 Å². The number of sulfonamides is 1. The average molecular weight is 497 g/mol. The number of ketones is 1. The van der Waals surface area contributed by atoms with E-state index >= 15 is 0 Å². The van der Waals surface area contributed by atoms with Gasteiger partial charge in [-0.1, -0.05) is 12.1 Å². The summed E-state index contributed by atoms with van der Waals surface area (Å²) in [6.45, 7) is 0.163. The minimum Gasteiger partial charge on any atom is -0.497 e. The number of amides is 1. The number of Topliss-reactive ketones (excluding diaryl/α,β-unsaturated/α-hetero) is 1. The lowest BCUT2D eigenvalue weighted by Gasteiger charge is -2.25. The van der Waals surface area contributed by atoms with E-state index in [-0.39, 0.29) is 36.0 Å². The van der Waals surface area contributed by atoms with E-state index in [9.17, 15) is 23.3 Å². The molecule has 0 bridgehead atoms. The number of benzene rings is 2. The molecule has 1 aliphatic heterocycles. The van der Waals surface area contributed by atoms with Crippen LogP contribution in [0.1, 0.15) is 21.3 Å². The fourth-order valence-corrected chi connectivity index (χ4v) is 5.73. The summed E-state index contributed by atoms with van der Waals surface area (Å²) in [5.41, 5.74) is 1.67. The molecular weight excluding hydrogens is 476 g/mol. The van der Waals surface area contributed by atoms with Gasteiger partial charge in [-0.15, -0.1) is 11.3 Å². The van der Waals surface area contributed by atoms with Crippen molar-refractivity contribution in [2.45, 2.75) is 10.8 Å². The van der Waals surface area contributed by atoms with Crippen LogP contribution in [-0.2, 0) is 14.8 Å². The van der Waals surface area contributed by atoms with E-state index in [0.29, 0.717) is 16.5 Å². The Balaban J connectivity index is 1.53. The lowest BCUT2D eigenvalue weighted by Crippen LogP contribution is -2.49. The first-order chi connectivity index (χ1) is 16.3. The van der Waals surface area contributed by atoms with E-state index in [4.69, 9.17) is 4.74 Å². The van der Waals surface area contributed by atoms with Crippen LogP contribution >= 0.6 is 11.3 Å². The summed E-state index contributed by atoms with van der Waals surface area (Å²) in [5, 5.41) is 14.4. The molecule has 0 aliphatic carbocycles. The van der Waals surface area contributed by atoms with Crippen molar-refractivity contribution in [1.29, 1.82) is 5.26 Å². The molecule has 1 saturated heterocycles. The molecule has 9 nitrogen and oxygen atoms in total. The van der Waals surface area contributed by atoms with Gasteiger partial charge in [0.25, 0.3) is 0 Å². The SMILES string of the molecule is COc1ccc(-c2csc(C(C#N)C(=O)c3ccc(S(=O)(=O)N4CCNC(=O)C4)cc3)n2)cc1. The molecule has 2 heterocycles. The Morgan fingerprint density at radius 3 is 2.53 bits per heavy atom. The van der Waals surface area contributed by atoms with Gasteiger partial charge in [0, 0.05) is 29.6 Å². The molecular formula is C23H20N4O5S2. The molecule has 1 aromatic heterocycles. The van der Waals surface area contributed by atoms with Crippen molar-refractivity contribution in [3.8, 4) is 23.1 Å². The van der Waals surface area contributed by atoms with Crippen LogP contribution in [0, 0.1) is 11.3 Å². The number of carbonyl (C=O) groups excluding carboxylic acids is 2. The standard InChI is InChI=1S/C23H20N4O5S2/c1-32-17-6-2-15(3-7-17)20-14-33-23(26-20)19(12-24)22(29)16-4-8-18(9-5-16)34(30,31)27-11-10-25-21(28)13-27/h2-9,14,19H,10-11,13H2,1H3,(H,25,28). The number of nitrogens with zero attached hydrogens (tertiary/aromatic N) is 3. The molecule has 34 heavy (non-hydrogen) atoms. The number of piperazine rings is 1. The van der Waals surface area contributed by atoms with Crippen molar-refractivity contribution in [1.82, 2.24) is 14.6 Å². The Kier molecular flexibility index (Phi) is 6.74. The fourth-order valence-electron chi connectivity index (χ4n) is 3.47. The summed E-state index contributed by atoms with van der Waals surface area (Å²) < 4.78 is 31.8. The van der Waals surface area contributed by atoms with Gasteiger partial charge in [-0.3, -0.25) is 9.59 Å². The highest BCUT2D eigenvalue weighted by molar-refractivity contribution is 7.89. The Morgan fingerprint density at radius 1 is 1.21 bits per heavy atom. The van der Waals surface area contributed by atoms with Crippen LogP contribution in [0.3, 0.4) is 0 Å². The van der Waals surface area contributed by atoms with Crippen LogP contribution in [0.2, 0.25) is 0 Å². The number of hydrogen-bond donors (Lipinski definition) is 1. The number of rotatable bonds is 7. The van der Waals surface area contributed by atoms with Crippen LogP contribution in [0.15, 0.2) is 58.8 Å². The van der Waals surface area contributed by atoms with Gasteiger partial charge in [-0.05, 0) is 36.4 Å². The number of nitrogens with one attached hydrogen (secondary N) is 1. The van der Waals surface area contributed by atoms with Crippen LogP contribution < -0.4 is 10.1 Å². The number of nitriles is 1. The van der Waals surface area contributed by atoms with Crippen molar-refractivity contribution < 1.29 is 22.7 Å². The van der Waals surface area contributed by atoms with Gasteiger partial charge in [-0.25, -0.2) is 13.4 Å². The molecule has 174 valence electrons. The third-order valence-corrected chi connectivity index (χ3v) is 8.09. The largest absolute Gasteiger partial charge is 0.497 e. The maximum atomic E-state index is 13.0. The molecule has 11 heteroatoms. The number of ether oxygens (including phenoxy) is 1. The monoisotopic (exact) mass is 496 g/mol. The number of methoxy groups -OCH3 is 1. The Labute approximate surface area is 200 Å². The van der Waals surface area contributed by atoms with Gasteiger partial charge in [0.15, 0.2) is 11.7 Å². The summed E-state index contributed by atoms with van der Waals surface area (Å²) in [5.74, 6) is -1.25. The van der Waals surface area contributed by atoms with Crippen LogP contribution in [0.5, 0.6) is 5.75 Å². The second-order valence-electron chi connectivity index (χ2n) is 7.44.